The Hall–Kier alpha value is -1.59. The van der Waals surface area contributed by atoms with Crippen molar-refractivity contribution >= 4 is 0 Å². The number of methoxy groups -OCH3 is 1. The van der Waals surface area contributed by atoms with Gasteiger partial charge in [0.2, 0.25) is 0 Å². The van der Waals surface area contributed by atoms with Crippen LogP contribution < -0.4 is 5.32 Å². The molecule has 5 heteroatoms. The third-order valence-corrected chi connectivity index (χ3v) is 3.29. The van der Waals surface area contributed by atoms with Gasteiger partial charge in [-0.15, -0.1) is 0 Å². The van der Waals surface area contributed by atoms with Crippen LogP contribution in [0.1, 0.15) is 31.1 Å². The molecule has 0 spiro atoms. The van der Waals surface area contributed by atoms with E-state index >= 15 is 0 Å². The topological polar surface area (TPSA) is 63.1 Å². The number of hydrogen-bond donors (Lipinski definition) is 2. The predicted octanol–water partition coefficient (Wildman–Crippen LogP) is 2.88. The molecule has 2 heterocycles. The van der Waals surface area contributed by atoms with Gasteiger partial charge < -0.3 is 14.5 Å². The molecule has 0 bridgehead atoms. The highest BCUT2D eigenvalue weighted by atomic mass is 16.5. The molecule has 2 aromatic rings. The zero-order chi connectivity index (χ0) is 14.4. The molecule has 0 saturated carbocycles. The highest BCUT2D eigenvalue weighted by Crippen LogP contribution is 2.23. The van der Waals surface area contributed by atoms with Gasteiger partial charge in [-0.25, -0.2) is 0 Å². The van der Waals surface area contributed by atoms with Crippen molar-refractivity contribution in [3.63, 3.8) is 0 Å². The monoisotopic (exact) mass is 277 g/mol. The number of rotatable bonds is 8. The van der Waals surface area contributed by atoms with Gasteiger partial charge in [0.1, 0.15) is 11.5 Å². The van der Waals surface area contributed by atoms with Crippen LogP contribution in [-0.4, -0.2) is 30.0 Å². The zero-order valence-electron chi connectivity index (χ0n) is 12.4. The Bertz CT molecular complexity index is 513. The number of furan rings is 1. The Kier molecular flexibility index (Phi) is 5.38. The molecule has 5 nitrogen and oxygen atoms in total. The standard InChI is InChI=1S/C15H23N3O2/c1-4-5-13(10-19-3)16-8-12-9-17-18-15(12)14-7-6-11(2)20-14/h6-7,9,13,16H,4-5,8,10H2,1-3H3,(H,17,18). The maximum atomic E-state index is 5.65. The summed E-state index contributed by atoms with van der Waals surface area (Å²) in [5.74, 6) is 1.73. The van der Waals surface area contributed by atoms with Crippen molar-refractivity contribution in [1.82, 2.24) is 15.5 Å². The number of aromatic amines is 1. The minimum Gasteiger partial charge on any atom is -0.460 e. The summed E-state index contributed by atoms with van der Waals surface area (Å²) in [7, 11) is 1.74. The van der Waals surface area contributed by atoms with E-state index in [1.165, 1.54) is 0 Å². The smallest absolute Gasteiger partial charge is 0.152 e. The Morgan fingerprint density at radius 2 is 2.30 bits per heavy atom. The molecule has 0 radical (unpaired) electrons. The van der Waals surface area contributed by atoms with E-state index in [9.17, 15) is 0 Å². The Labute approximate surface area is 119 Å². The number of ether oxygens (including phenoxy) is 1. The summed E-state index contributed by atoms with van der Waals surface area (Å²) in [6.07, 6.45) is 4.08. The summed E-state index contributed by atoms with van der Waals surface area (Å²) in [6, 6.07) is 4.29. The third-order valence-electron chi connectivity index (χ3n) is 3.29. The number of nitrogens with one attached hydrogen (secondary N) is 2. The summed E-state index contributed by atoms with van der Waals surface area (Å²) in [6.45, 7) is 5.59. The first-order chi connectivity index (χ1) is 9.74. The van der Waals surface area contributed by atoms with Crippen LogP contribution in [0.25, 0.3) is 11.5 Å². The molecule has 0 aliphatic rings. The fraction of sp³-hybridized carbons (Fsp3) is 0.533. The molecular weight excluding hydrogens is 254 g/mol. The summed E-state index contributed by atoms with van der Waals surface area (Å²) < 4.78 is 10.9. The average Bonchev–Trinajstić information content (AvgIpc) is 3.04. The molecule has 20 heavy (non-hydrogen) atoms. The summed E-state index contributed by atoms with van der Waals surface area (Å²) >= 11 is 0. The SMILES string of the molecule is CCCC(COC)NCc1cn[nH]c1-c1ccc(C)o1. The maximum Gasteiger partial charge on any atom is 0.152 e. The molecule has 0 fully saturated rings. The second kappa shape index (κ2) is 7.26. The molecule has 0 aliphatic carbocycles. The number of aromatic nitrogens is 2. The molecule has 0 aromatic carbocycles. The minimum absolute atomic E-state index is 0.367. The van der Waals surface area contributed by atoms with Gasteiger partial charge in [0.25, 0.3) is 0 Å². The second-order valence-electron chi connectivity index (χ2n) is 5.00. The van der Waals surface area contributed by atoms with Gasteiger partial charge in [0.05, 0.1) is 12.8 Å². The molecule has 0 amide bonds. The summed E-state index contributed by atoms with van der Waals surface area (Å²) in [5.41, 5.74) is 2.05. The minimum atomic E-state index is 0.367. The van der Waals surface area contributed by atoms with Gasteiger partial charge in [-0.3, -0.25) is 5.10 Å². The van der Waals surface area contributed by atoms with Crippen molar-refractivity contribution in [3.05, 3.63) is 29.7 Å². The van der Waals surface area contributed by atoms with E-state index in [4.69, 9.17) is 9.15 Å². The summed E-state index contributed by atoms with van der Waals surface area (Å²) in [5, 5.41) is 10.6. The molecule has 2 N–H and O–H groups in total. The number of hydrogen-bond acceptors (Lipinski definition) is 4. The van der Waals surface area contributed by atoms with Crippen LogP contribution in [0.2, 0.25) is 0 Å². The van der Waals surface area contributed by atoms with Crippen LogP contribution in [-0.2, 0) is 11.3 Å². The molecule has 0 saturated heterocycles. The average molecular weight is 277 g/mol. The lowest BCUT2D eigenvalue weighted by atomic mass is 10.1. The predicted molar refractivity (Wildman–Crippen MR) is 78.4 cm³/mol. The zero-order valence-corrected chi connectivity index (χ0v) is 12.4. The van der Waals surface area contributed by atoms with E-state index in [2.05, 4.69) is 22.4 Å². The summed E-state index contributed by atoms with van der Waals surface area (Å²) in [4.78, 5) is 0. The maximum absolute atomic E-state index is 5.65. The highest BCUT2D eigenvalue weighted by molar-refractivity contribution is 5.56. The number of aryl methyl sites for hydroxylation is 1. The van der Waals surface area contributed by atoms with Crippen LogP contribution in [0.15, 0.2) is 22.7 Å². The lowest BCUT2D eigenvalue weighted by Crippen LogP contribution is -2.32. The molecule has 0 aliphatic heterocycles. The van der Waals surface area contributed by atoms with Crippen LogP contribution in [0.5, 0.6) is 0 Å². The van der Waals surface area contributed by atoms with Crippen LogP contribution >= 0.6 is 0 Å². The van der Waals surface area contributed by atoms with Gasteiger partial charge in [-0.1, -0.05) is 13.3 Å². The lowest BCUT2D eigenvalue weighted by Gasteiger charge is -2.16. The van der Waals surface area contributed by atoms with Gasteiger partial charge in [-0.2, -0.15) is 5.10 Å². The van der Waals surface area contributed by atoms with Crippen molar-refractivity contribution in [2.75, 3.05) is 13.7 Å². The first kappa shape index (κ1) is 14.8. The lowest BCUT2D eigenvalue weighted by molar-refractivity contribution is 0.161. The van der Waals surface area contributed by atoms with Gasteiger partial charge in [0, 0.05) is 25.3 Å². The van der Waals surface area contributed by atoms with Crippen molar-refractivity contribution in [2.45, 2.75) is 39.3 Å². The van der Waals surface area contributed by atoms with Crippen LogP contribution in [0.4, 0.5) is 0 Å². The van der Waals surface area contributed by atoms with E-state index in [1.807, 2.05) is 25.3 Å². The van der Waals surface area contributed by atoms with Crippen molar-refractivity contribution in [3.8, 4) is 11.5 Å². The highest BCUT2D eigenvalue weighted by Gasteiger charge is 2.13. The Balaban J connectivity index is 2.01. The molecule has 1 unspecified atom stereocenters. The van der Waals surface area contributed by atoms with Crippen molar-refractivity contribution in [2.24, 2.45) is 0 Å². The molecule has 110 valence electrons. The van der Waals surface area contributed by atoms with Gasteiger partial charge in [-0.05, 0) is 25.5 Å². The first-order valence-corrected chi connectivity index (χ1v) is 7.06. The Morgan fingerprint density at radius 3 is 2.95 bits per heavy atom. The molecule has 2 rings (SSSR count). The molecular formula is C15H23N3O2. The van der Waals surface area contributed by atoms with E-state index < -0.39 is 0 Å². The Morgan fingerprint density at radius 1 is 1.45 bits per heavy atom. The fourth-order valence-corrected chi connectivity index (χ4v) is 2.28. The quantitative estimate of drug-likeness (QED) is 0.779. The second-order valence-corrected chi connectivity index (χ2v) is 5.00. The molecule has 2 aromatic heterocycles. The fourth-order valence-electron chi connectivity index (χ4n) is 2.28. The molecule has 1 atom stereocenters. The van der Waals surface area contributed by atoms with Crippen LogP contribution in [0, 0.1) is 6.92 Å². The number of H-pyrrole nitrogens is 1. The van der Waals surface area contributed by atoms with E-state index in [1.54, 1.807) is 7.11 Å². The van der Waals surface area contributed by atoms with Crippen molar-refractivity contribution < 1.29 is 9.15 Å². The largest absolute Gasteiger partial charge is 0.460 e. The van der Waals surface area contributed by atoms with Gasteiger partial charge in [0.15, 0.2) is 5.76 Å². The first-order valence-electron chi connectivity index (χ1n) is 7.06. The van der Waals surface area contributed by atoms with Gasteiger partial charge >= 0.3 is 0 Å². The van der Waals surface area contributed by atoms with Crippen LogP contribution in [0.3, 0.4) is 0 Å². The van der Waals surface area contributed by atoms with E-state index in [0.717, 1.165) is 48.8 Å². The van der Waals surface area contributed by atoms with Crippen molar-refractivity contribution in [1.29, 1.82) is 0 Å². The third kappa shape index (κ3) is 3.71. The van der Waals surface area contributed by atoms with E-state index in [0.29, 0.717) is 6.04 Å². The normalized spacial score (nSPS) is 12.8. The van der Waals surface area contributed by atoms with E-state index in [-0.39, 0.29) is 0 Å². The number of nitrogens with zero attached hydrogens (tertiary/aromatic N) is 1.